The minimum atomic E-state index is -0.265. The van der Waals surface area contributed by atoms with Gasteiger partial charge < -0.3 is 9.64 Å². The summed E-state index contributed by atoms with van der Waals surface area (Å²) in [6.07, 6.45) is 4.56. The van der Waals surface area contributed by atoms with Crippen LogP contribution in [-0.4, -0.2) is 36.5 Å². The van der Waals surface area contributed by atoms with Crippen LogP contribution in [0.5, 0.6) is 0 Å². The summed E-state index contributed by atoms with van der Waals surface area (Å²) >= 11 is 0. The fraction of sp³-hybridized carbons (Fsp3) is 0.476. The first-order valence-corrected chi connectivity index (χ1v) is 9.58. The number of benzene rings is 1. The van der Waals surface area contributed by atoms with Crippen molar-refractivity contribution in [2.24, 2.45) is 0 Å². The summed E-state index contributed by atoms with van der Waals surface area (Å²) in [5, 5.41) is 1.79. The van der Waals surface area contributed by atoms with Crippen molar-refractivity contribution in [2.45, 2.75) is 46.1 Å². The zero-order chi connectivity index (χ0) is 18.5. The molecular weight excluding hydrogens is 326 g/mol. The highest BCUT2D eigenvalue weighted by atomic mass is 16.6. The Hall–Kier alpha value is -2.43. The number of hydrogen-bond donors (Lipinski definition) is 0. The number of para-hydroxylation sites is 1. The van der Waals surface area contributed by atoms with Crippen molar-refractivity contribution in [2.75, 3.05) is 29.6 Å². The molecule has 0 spiro atoms. The highest BCUT2D eigenvalue weighted by Crippen LogP contribution is 2.26. The standard InChI is InChI=1S/C21H29N3O2/c1-4-18-10-6-7-11-20(18)22-15-12-19(13-16-22)24(21(25)26-5-2)23-14-8-9-17(23)3/h6-11,14,19H,4-5,12-13,15-16H2,1-3H3. The summed E-state index contributed by atoms with van der Waals surface area (Å²) in [5.74, 6) is 0. The number of aromatic nitrogens is 1. The van der Waals surface area contributed by atoms with E-state index in [1.54, 1.807) is 5.01 Å². The monoisotopic (exact) mass is 355 g/mol. The van der Waals surface area contributed by atoms with Gasteiger partial charge in [-0.05, 0) is 56.9 Å². The number of piperidine rings is 1. The van der Waals surface area contributed by atoms with E-state index in [1.165, 1.54) is 11.3 Å². The van der Waals surface area contributed by atoms with Gasteiger partial charge in [-0.15, -0.1) is 0 Å². The van der Waals surface area contributed by atoms with E-state index in [2.05, 4.69) is 36.1 Å². The number of ether oxygens (including phenoxy) is 1. The smallest absolute Gasteiger partial charge is 0.429 e. The number of rotatable bonds is 5. The summed E-state index contributed by atoms with van der Waals surface area (Å²) in [5.41, 5.74) is 3.75. The van der Waals surface area contributed by atoms with Crippen LogP contribution in [0.3, 0.4) is 0 Å². The molecule has 0 unspecified atom stereocenters. The van der Waals surface area contributed by atoms with Crippen LogP contribution >= 0.6 is 0 Å². The SMILES string of the molecule is CCOC(=O)N(C1CCN(c2ccccc2CC)CC1)n1cccc1C. The van der Waals surface area contributed by atoms with Gasteiger partial charge in [-0.2, -0.15) is 0 Å². The molecule has 140 valence electrons. The average molecular weight is 355 g/mol. The Morgan fingerprint density at radius 2 is 1.88 bits per heavy atom. The molecule has 0 saturated carbocycles. The normalized spacial score (nSPS) is 15.1. The molecule has 0 aliphatic carbocycles. The Balaban J connectivity index is 1.75. The van der Waals surface area contributed by atoms with E-state index in [0.29, 0.717) is 6.61 Å². The Kier molecular flexibility index (Phi) is 5.86. The van der Waals surface area contributed by atoms with Gasteiger partial charge >= 0.3 is 6.09 Å². The van der Waals surface area contributed by atoms with Gasteiger partial charge in [0, 0.05) is 30.7 Å². The van der Waals surface area contributed by atoms with Crippen LogP contribution in [0.15, 0.2) is 42.6 Å². The number of carbonyl (C=O) groups is 1. The molecule has 1 saturated heterocycles. The predicted octanol–water partition coefficient (Wildman–Crippen LogP) is 4.12. The Labute approximate surface area is 156 Å². The number of carbonyl (C=O) groups excluding carboxylic acids is 1. The maximum absolute atomic E-state index is 12.6. The van der Waals surface area contributed by atoms with Gasteiger partial charge in [0.2, 0.25) is 0 Å². The third-order valence-electron chi connectivity index (χ3n) is 5.14. The largest absolute Gasteiger partial charge is 0.448 e. The molecule has 0 bridgehead atoms. The van der Waals surface area contributed by atoms with Crippen molar-refractivity contribution in [1.29, 1.82) is 0 Å². The van der Waals surface area contributed by atoms with Crippen molar-refractivity contribution in [3.8, 4) is 0 Å². The fourth-order valence-corrected chi connectivity index (χ4v) is 3.77. The van der Waals surface area contributed by atoms with Gasteiger partial charge in [-0.1, -0.05) is 25.1 Å². The van der Waals surface area contributed by atoms with Crippen LogP contribution < -0.4 is 9.91 Å². The summed E-state index contributed by atoms with van der Waals surface area (Å²) in [6.45, 7) is 8.33. The van der Waals surface area contributed by atoms with Crippen molar-refractivity contribution in [1.82, 2.24) is 4.68 Å². The number of nitrogens with zero attached hydrogens (tertiary/aromatic N) is 3. The molecule has 2 heterocycles. The molecule has 5 nitrogen and oxygen atoms in total. The number of aryl methyl sites for hydroxylation is 2. The molecule has 0 atom stereocenters. The predicted molar refractivity (Wildman–Crippen MR) is 105 cm³/mol. The maximum Gasteiger partial charge on any atom is 0.429 e. The van der Waals surface area contributed by atoms with E-state index in [4.69, 9.17) is 4.74 Å². The van der Waals surface area contributed by atoms with Crippen LogP contribution in [0, 0.1) is 6.92 Å². The molecule has 1 aromatic carbocycles. The minimum absolute atomic E-state index is 0.144. The van der Waals surface area contributed by atoms with Crippen LogP contribution in [0.2, 0.25) is 0 Å². The molecule has 1 fully saturated rings. The average Bonchev–Trinajstić information content (AvgIpc) is 3.08. The lowest BCUT2D eigenvalue weighted by Crippen LogP contribution is -2.53. The lowest BCUT2D eigenvalue weighted by atomic mass is 10.0. The molecule has 5 heteroatoms. The molecule has 0 radical (unpaired) electrons. The minimum Gasteiger partial charge on any atom is -0.448 e. The van der Waals surface area contributed by atoms with Crippen molar-refractivity contribution in [3.63, 3.8) is 0 Å². The Morgan fingerprint density at radius 3 is 2.50 bits per heavy atom. The quantitative estimate of drug-likeness (QED) is 0.810. The molecule has 1 aromatic heterocycles. The molecule has 1 amide bonds. The van der Waals surface area contributed by atoms with Crippen molar-refractivity contribution < 1.29 is 9.53 Å². The Morgan fingerprint density at radius 1 is 1.15 bits per heavy atom. The molecule has 2 aromatic rings. The van der Waals surface area contributed by atoms with Crippen LogP contribution in [0.1, 0.15) is 37.9 Å². The zero-order valence-electron chi connectivity index (χ0n) is 16.0. The first kappa shape index (κ1) is 18.4. The second-order valence-electron chi connectivity index (χ2n) is 6.74. The number of anilines is 1. The molecule has 0 N–H and O–H groups in total. The van der Waals surface area contributed by atoms with Gasteiger partial charge in [-0.3, -0.25) is 4.68 Å². The van der Waals surface area contributed by atoms with E-state index >= 15 is 0 Å². The number of amides is 1. The first-order chi connectivity index (χ1) is 12.7. The first-order valence-electron chi connectivity index (χ1n) is 9.58. The van der Waals surface area contributed by atoms with Gasteiger partial charge in [0.1, 0.15) is 0 Å². The van der Waals surface area contributed by atoms with Crippen molar-refractivity contribution in [3.05, 3.63) is 53.9 Å². The van der Waals surface area contributed by atoms with Crippen LogP contribution in [-0.2, 0) is 11.2 Å². The molecule has 3 rings (SSSR count). The van der Waals surface area contributed by atoms with Crippen molar-refractivity contribution >= 4 is 11.8 Å². The van der Waals surface area contributed by atoms with E-state index in [1.807, 2.05) is 36.9 Å². The van der Waals surface area contributed by atoms with E-state index in [-0.39, 0.29) is 12.1 Å². The second kappa shape index (κ2) is 8.30. The van der Waals surface area contributed by atoms with Gasteiger partial charge in [0.05, 0.1) is 12.6 Å². The maximum atomic E-state index is 12.6. The topological polar surface area (TPSA) is 37.7 Å². The molecule has 1 aliphatic heterocycles. The zero-order valence-corrected chi connectivity index (χ0v) is 16.0. The highest BCUT2D eigenvalue weighted by molar-refractivity contribution is 5.79. The molecule has 26 heavy (non-hydrogen) atoms. The molecular formula is C21H29N3O2. The van der Waals surface area contributed by atoms with Gasteiger partial charge in [0.25, 0.3) is 0 Å². The van der Waals surface area contributed by atoms with Crippen LogP contribution in [0.4, 0.5) is 10.5 Å². The van der Waals surface area contributed by atoms with E-state index in [0.717, 1.165) is 38.0 Å². The second-order valence-corrected chi connectivity index (χ2v) is 6.74. The van der Waals surface area contributed by atoms with E-state index in [9.17, 15) is 4.79 Å². The molecule has 1 aliphatic rings. The Bertz CT molecular complexity index is 732. The third kappa shape index (κ3) is 3.71. The van der Waals surface area contributed by atoms with Gasteiger partial charge in [-0.25, -0.2) is 9.80 Å². The number of hydrogen-bond acceptors (Lipinski definition) is 3. The summed E-state index contributed by atoms with van der Waals surface area (Å²) < 4.78 is 7.27. The fourth-order valence-electron chi connectivity index (χ4n) is 3.77. The van der Waals surface area contributed by atoms with Crippen LogP contribution in [0.25, 0.3) is 0 Å². The van der Waals surface area contributed by atoms with Gasteiger partial charge in [0.15, 0.2) is 0 Å². The summed E-state index contributed by atoms with van der Waals surface area (Å²) in [7, 11) is 0. The lowest BCUT2D eigenvalue weighted by Gasteiger charge is -2.40. The van der Waals surface area contributed by atoms with E-state index < -0.39 is 0 Å². The summed E-state index contributed by atoms with van der Waals surface area (Å²) in [4.78, 5) is 15.1. The summed E-state index contributed by atoms with van der Waals surface area (Å²) in [6, 6.07) is 12.7. The third-order valence-corrected chi connectivity index (χ3v) is 5.14. The highest BCUT2D eigenvalue weighted by Gasteiger charge is 2.31. The lowest BCUT2D eigenvalue weighted by molar-refractivity contribution is 0.146.